The van der Waals surface area contributed by atoms with Crippen LogP contribution in [0.2, 0.25) is 0 Å². The number of sulfonamides is 1. The molecule has 0 bridgehead atoms. The van der Waals surface area contributed by atoms with Crippen LogP contribution in [-0.2, 0) is 27.7 Å². The van der Waals surface area contributed by atoms with E-state index in [4.69, 9.17) is 0 Å². The lowest BCUT2D eigenvalue weighted by atomic mass is 10.1. The molecule has 0 unspecified atom stereocenters. The molecular weight excluding hydrogens is 398 g/mol. The number of amides is 1. The van der Waals surface area contributed by atoms with Gasteiger partial charge in [-0.2, -0.15) is 4.31 Å². The summed E-state index contributed by atoms with van der Waals surface area (Å²) in [6.07, 6.45) is 3.10. The largest absolute Gasteiger partial charge is 0.325 e. The summed E-state index contributed by atoms with van der Waals surface area (Å²) in [5, 5.41) is 2.98. The van der Waals surface area contributed by atoms with E-state index < -0.39 is 10.0 Å². The average molecular weight is 428 g/mol. The van der Waals surface area contributed by atoms with Gasteiger partial charge in [0.1, 0.15) is 0 Å². The zero-order chi connectivity index (χ0) is 21.3. The van der Waals surface area contributed by atoms with Crippen LogP contribution in [-0.4, -0.2) is 56.3 Å². The minimum atomic E-state index is -3.49. The van der Waals surface area contributed by atoms with Gasteiger partial charge in [0.15, 0.2) is 0 Å². The average Bonchev–Trinajstić information content (AvgIpc) is 3.19. The summed E-state index contributed by atoms with van der Waals surface area (Å²) >= 11 is 0. The van der Waals surface area contributed by atoms with Crippen LogP contribution in [0.15, 0.2) is 41.3 Å². The summed E-state index contributed by atoms with van der Waals surface area (Å²) in [5.41, 5.74) is 5.39. The van der Waals surface area contributed by atoms with Gasteiger partial charge in [0.05, 0.1) is 11.4 Å². The molecule has 7 heteroatoms. The molecule has 0 saturated carbocycles. The Balaban J connectivity index is 1.34. The van der Waals surface area contributed by atoms with Crippen molar-refractivity contribution in [2.45, 2.75) is 38.0 Å². The maximum absolute atomic E-state index is 13.1. The first-order chi connectivity index (χ1) is 14.3. The first-order valence-electron chi connectivity index (χ1n) is 10.5. The Labute approximate surface area is 178 Å². The van der Waals surface area contributed by atoms with Gasteiger partial charge in [0.25, 0.3) is 0 Å². The van der Waals surface area contributed by atoms with E-state index >= 15 is 0 Å². The predicted molar refractivity (Wildman–Crippen MR) is 118 cm³/mol. The van der Waals surface area contributed by atoms with E-state index in [-0.39, 0.29) is 12.5 Å². The molecule has 2 aromatic rings. The van der Waals surface area contributed by atoms with Crippen molar-refractivity contribution < 1.29 is 13.2 Å². The molecule has 6 nitrogen and oxygen atoms in total. The fraction of sp³-hybridized carbons (Fsp3) is 0.435. The van der Waals surface area contributed by atoms with Crippen LogP contribution in [0.3, 0.4) is 0 Å². The quantitative estimate of drug-likeness (QED) is 0.797. The summed E-state index contributed by atoms with van der Waals surface area (Å²) in [5.74, 6) is -0.0707. The predicted octanol–water partition coefficient (Wildman–Crippen LogP) is 2.74. The molecular formula is C23H29N3O3S. The number of carbonyl (C=O) groups is 1. The van der Waals surface area contributed by atoms with Gasteiger partial charge in [-0.1, -0.05) is 18.2 Å². The van der Waals surface area contributed by atoms with Crippen LogP contribution in [0.1, 0.15) is 28.7 Å². The Morgan fingerprint density at radius 2 is 1.70 bits per heavy atom. The Kier molecular flexibility index (Phi) is 5.95. The van der Waals surface area contributed by atoms with E-state index in [1.165, 1.54) is 5.56 Å². The molecule has 1 saturated heterocycles. The molecule has 0 aromatic heterocycles. The van der Waals surface area contributed by atoms with E-state index in [0.717, 1.165) is 41.6 Å². The lowest BCUT2D eigenvalue weighted by molar-refractivity contribution is -0.117. The zero-order valence-corrected chi connectivity index (χ0v) is 18.5. The van der Waals surface area contributed by atoms with Crippen molar-refractivity contribution in [3.8, 4) is 0 Å². The summed E-state index contributed by atoms with van der Waals surface area (Å²) < 4.78 is 27.7. The fourth-order valence-corrected chi connectivity index (χ4v) is 5.72. The van der Waals surface area contributed by atoms with Gasteiger partial charge in [-0.15, -0.1) is 0 Å². The van der Waals surface area contributed by atoms with E-state index in [2.05, 4.69) is 5.32 Å². The maximum atomic E-state index is 13.1. The third kappa shape index (κ3) is 4.43. The lowest BCUT2D eigenvalue weighted by Gasteiger charge is -2.33. The monoisotopic (exact) mass is 427 g/mol. The standard InChI is InChI=1S/C23H29N3O3S/c1-17-6-7-18(2)22(14-17)24-23(27)16-25-10-12-26(13-11-25)30(28,29)21-9-8-19-4-3-5-20(19)15-21/h6-9,14-15H,3-5,10-13,16H2,1-2H3,(H,24,27). The first kappa shape index (κ1) is 21.0. The number of nitrogens with one attached hydrogen (secondary N) is 1. The number of carbonyl (C=O) groups excluding carboxylic acids is 1. The van der Waals surface area contributed by atoms with Crippen molar-refractivity contribution in [3.63, 3.8) is 0 Å². The summed E-state index contributed by atoms with van der Waals surface area (Å²) in [6.45, 7) is 6.12. The Hall–Kier alpha value is -2.22. The number of hydrogen-bond acceptors (Lipinski definition) is 4. The molecule has 0 radical (unpaired) electrons. The normalized spacial score (nSPS) is 17.7. The number of nitrogens with zero attached hydrogens (tertiary/aromatic N) is 2. The summed E-state index contributed by atoms with van der Waals surface area (Å²) in [4.78, 5) is 14.9. The molecule has 1 amide bonds. The smallest absolute Gasteiger partial charge is 0.243 e. The molecule has 0 atom stereocenters. The van der Waals surface area contributed by atoms with Crippen molar-refractivity contribution in [2.75, 3.05) is 38.0 Å². The maximum Gasteiger partial charge on any atom is 0.243 e. The van der Waals surface area contributed by atoms with Gasteiger partial charge in [-0.05, 0) is 73.6 Å². The third-order valence-corrected chi connectivity index (χ3v) is 7.97. The fourth-order valence-electron chi connectivity index (χ4n) is 4.25. The molecule has 1 aliphatic heterocycles. The highest BCUT2D eigenvalue weighted by Crippen LogP contribution is 2.26. The van der Waals surface area contributed by atoms with E-state index in [9.17, 15) is 13.2 Å². The topological polar surface area (TPSA) is 69.7 Å². The molecule has 0 spiro atoms. The van der Waals surface area contributed by atoms with Crippen molar-refractivity contribution >= 4 is 21.6 Å². The zero-order valence-electron chi connectivity index (χ0n) is 17.6. The van der Waals surface area contributed by atoms with Crippen LogP contribution < -0.4 is 5.32 Å². The minimum absolute atomic E-state index is 0.0707. The molecule has 2 aromatic carbocycles. The molecule has 160 valence electrons. The number of anilines is 1. The van der Waals surface area contributed by atoms with Gasteiger partial charge in [-0.3, -0.25) is 9.69 Å². The molecule has 1 heterocycles. The van der Waals surface area contributed by atoms with Crippen molar-refractivity contribution in [2.24, 2.45) is 0 Å². The van der Waals surface area contributed by atoms with Crippen LogP contribution in [0.4, 0.5) is 5.69 Å². The van der Waals surface area contributed by atoms with Gasteiger partial charge in [0, 0.05) is 31.9 Å². The number of fused-ring (bicyclic) bond motifs is 1. The second-order valence-electron chi connectivity index (χ2n) is 8.33. The lowest BCUT2D eigenvalue weighted by Crippen LogP contribution is -2.50. The van der Waals surface area contributed by atoms with Gasteiger partial charge >= 0.3 is 0 Å². The van der Waals surface area contributed by atoms with Crippen molar-refractivity contribution in [3.05, 3.63) is 58.7 Å². The van der Waals surface area contributed by atoms with Crippen LogP contribution in [0, 0.1) is 13.8 Å². The second kappa shape index (κ2) is 8.49. The van der Waals surface area contributed by atoms with Gasteiger partial charge in [0.2, 0.25) is 15.9 Å². The van der Waals surface area contributed by atoms with Crippen LogP contribution in [0.5, 0.6) is 0 Å². The van der Waals surface area contributed by atoms with Gasteiger partial charge in [-0.25, -0.2) is 8.42 Å². The Morgan fingerprint density at radius 3 is 2.47 bits per heavy atom. The number of benzene rings is 2. The third-order valence-electron chi connectivity index (χ3n) is 6.07. The Morgan fingerprint density at radius 1 is 0.967 bits per heavy atom. The highest BCUT2D eigenvalue weighted by atomic mass is 32.2. The number of piperazine rings is 1. The van der Waals surface area contributed by atoms with E-state index in [1.54, 1.807) is 10.4 Å². The summed E-state index contributed by atoms with van der Waals surface area (Å²) in [6, 6.07) is 11.5. The first-order valence-corrected chi connectivity index (χ1v) is 12.0. The highest BCUT2D eigenvalue weighted by molar-refractivity contribution is 7.89. The SMILES string of the molecule is Cc1ccc(C)c(NC(=O)CN2CCN(S(=O)(=O)c3ccc4c(c3)CCC4)CC2)c1. The van der Waals surface area contributed by atoms with Crippen LogP contribution >= 0.6 is 0 Å². The number of aryl methyl sites for hydroxylation is 4. The van der Waals surface area contributed by atoms with Crippen molar-refractivity contribution in [1.82, 2.24) is 9.21 Å². The molecule has 30 heavy (non-hydrogen) atoms. The van der Waals surface area contributed by atoms with Gasteiger partial charge < -0.3 is 5.32 Å². The minimum Gasteiger partial charge on any atom is -0.325 e. The molecule has 1 aliphatic carbocycles. The Bertz CT molecular complexity index is 1060. The molecule has 1 N–H and O–H groups in total. The highest BCUT2D eigenvalue weighted by Gasteiger charge is 2.30. The second-order valence-corrected chi connectivity index (χ2v) is 10.3. The summed E-state index contributed by atoms with van der Waals surface area (Å²) in [7, 11) is -3.49. The number of hydrogen-bond donors (Lipinski definition) is 1. The molecule has 1 fully saturated rings. The van der Waals surface area contributed by atoms with E-state index in [1.807, 2.05) is 49.1 Å². The van der Waals surface area contributed by atoms with E-state index in [0.29, 0.717) is 31.1 Å². The molecule has 4 rings (SSSR count). The van der Waals surface area contributed by atoms with Crippen LogP contribution in [0.25, 0.3) is 0 Å². The molecule has 2 aliphatic rings. The van der Waals surface area contributed by atoms with Crippen molar-refractivity contribution in [1.29, 1.82) is 0 Å². The number of rotatable bonds is 5.